The van der Waals surface area contributed by atoms with Crippen molar-refractivity contribution in [2.45, 2.75) is 44.2 Å². The molecule has 4 atom stereocenters. The summed E-state index contributed by atoms with van der Waals surface area (Å²) in [7, 11) is 1.58. The number of likely N-dealkylation sites (tertiary alicyclic amines) is 1. The minimum Gasteiger partial charge on any atom is -0.496 e. The van der Waals surface area contributed by atoms with Gasteiger partial charge in [0, 0.05) is 24.5 Å². The molecule has 0 bridgehead atoms. The molecule has 36 heavy (non-hydrogen) atoms. The van der Waals surface area contributed by atoms with Gasteiger partial charge in [-0.2, -0.15) is 0 Å². The number of ether oxygens (including phenoxy) is 1. The van der Waals surface area contributed by atoms with E-state index in [1.165, 1.54) is 4.90 Å². The number of unbranched alkanes of at least 4 members (excludes halogenated alkanes) is 1. The molecule has 2 aliphatic rings. The second-order valence-electron chi connectivity index (χ2n) is 9.38. The number of urea groups is 1. The van der Waals surface area contributed by atoms with Gasteiger partial charge in [-0.05, 0) is 36.3 Å². The second kappa shape index (κ2) is 10.1. The fraction of sp³-hybridized carbons (Fsp3) is 0.462. The maximum Gasteiger partial charge on any atom is 0.324 e. The van der Waals surface area contributed by atoms with Crippen LogP contribution in [0.5, 0.6) is 5.75 Å². The number of methoxy groups -OCH3 is 1. The molecule has 2 aliphatic heterocycles. The minimum atomic E-state index is -1.68. The van der Waals surface area contributed by atoms with Crippen molar-refractivity contribution in [3.8, 4) is 5.75 Å². The fourth-order valence-electron chi connectivity index (χ4n) is 5.72. The van der Waals surface area contributed by atoms with E-state index in [2.05, 4.69) is 10.6 Å². The van der Waals surface area contributed by atoms with Crippen LogP contribution in [0.2, 0.25) is 0 Å². The molecule has 0 saturated carbocycles. The lowest BCUT2D eigenvalue weighted by Gasteiger charge is -2.31. The first-order valence-electron chi connectivity index (χ1n) is 12.2. The first-order chi connectivity index (χ1) is 17.3. The van der Waals surface area contributed by atoms with Crippen LogP contribution in [0.4, 0.5) is 4.79 Å². The number of imide groups is 1. The maximum absolute atomic E-state index is 13.6. The quantitative estimate of drug-likeness (QED) is 0.291. The van der Waals surface area contributed by atoms with Crippen molar-refractivity contribution in [3.05, 3.63) is 42.0 Å². The van der Waals surface area contributed by atoms with Gasteiger partial charge in [0.05, 0.1) is 18.9 Å². The van der Waals surface area contributed by atoms with Gasteiger partial charge >= 0.3 is 12.0 Å². The molecule has 2 heterocycles. The molecule has 0 aromatic heterocycles. The Labute approximate surface area is 209 Å². The van der Waals surface area contributed by atoms with Gasteiger partial charge < -0.3 is 20.9 Å². The van der Waals surface area contributed by atoms with Gasteiger partial charge in [0.25, 0.3) is 0 Å². The van der Waals surface area contributed by atoms with Gasteiger partial charge in [0.15, 0.2) is 0 Å². The van der Waals surface area contributed by atoms with E-state index >= 15 is 0 Å². The highest BCUT2D eigenvalue weighted by Gasteiger charge is 2.68. The Hall–Kier alpha value is -3.66. The summed E-state index contributed by atoms with van der Waals surface area (Å²) in [5.74, 6) is -3.30. The first-order valence-corrected chi connectivity index (χ1v) is 12.2. The molecule has 192 valence electrons. The third kappa shape index (κ3) is 4.15. The monoisotopic (exact) mass is 496 g/mol. The van der Waals surface area contributed by atoms with Crippen LogP contribution in [0.25, 0.3) is 10.8 Å². The highest BCUT2D eigenvalue weighted by molar-refractivity contribution is 6.09. The van der Waals surface area contributed by atoms with Gasteiger partial charge in [-0.3, -0.25) is 24.6 Å². The van der Waals surface area contributed by atoms with Gasteiger partial charge in [0.2, 0.25) is 11.8 Å². The van der Waals surface area contributed by atoms with Crippen molar-refractivity contribution in [2.75, 3.05) is 20.2 Å². The Balaban J connectivity index is 1.82. The average molecular weight is 497 g/mol. The molecule has 4 rings (SSSR count). The number of carbonyl (C=O) groups is 4. The number of carboxylic acids is 1. The maximum atomic E-state index is 13.6. The van der Waals surface area contributed by atoms with Gasteiger partial charge in [-0.1, -0.05) is 43.7 Å². The van der Waals surface area contributed by atoms with E-state index in [1.807, 2.05) is 37.3 Å². The van der Waals surface area contributed by atoms with Crippen LogP contribution in [0.1, 0.15) is 44.2 Å². The molecule has 2 aromatic rings. The van der Waals surface area contributed by atoms with Gasteiger partial charge in [0.1, 0.15) is 11.3 Å². The van der Waals surface area contributed by atoms with Crippen molar-refractivity contribution >= 4 is 34.6 Å². The van der Waals surface area contributed by atoms with Crippen LogP contribution in [0.3, 0.4) is 0 Å². The Bertz CT molecular complexity index is 1200. The van der Waals surface area contributed by atoms with Crippen molar-refractivity contribution in [2.24, 2.45) is 17.6 Å². The number of carbonyl (C=O) groups excluding carboxylic acids is 3. The number of benzene rings is 2. The number of aliphatic carboxylic acids is 1. The predicted octanol–water partition coefficient (Wildman–Crippen LogP) is 2.17. The van der Waals surface area contributed by atoms with Crippen LogP contribution in [-0.2, 0) is 14.4 Å². The highest BCUT2D eigenvalue weighted by atomic mass is 16.5. The zero-order chi connectivity index (χ0) is 26.0. The van der Waals surface area contributed by atoms with Crippen molar-refractivity contribution < 1.29 is 29.0 Å². The number of nitrogens with zero attached hydrogens (tertiary/aromatic N) is 1. The largest absolute Gasteiger partial charge is 0.496 e. The molecule has 0 aliphatic carbocycles. The summed E-state index contributed by atoms with van der Waals surface area (Å²) in [5.41, 5.74) is 4.20. The number of carboxylic acid groups (broad SMARTS) is 1. The molecule has 2 saturated heterocycles. The molecule has 4 unspecified atom stereocenters. The molecule has 2 aromatic carbocycles. The molecule has 0 radical (unpaired) electrons. The molecule has 0 spiro atoms. The molecule has 10 heteroatoms. The van der Waals surface area contributed by atoms with Crippen LogP contribution in [0.15, 0.2) is 36.4 Å². The summed E-state index contributed by atoms with van der Waals surface area (Å²) in [4.78, 5) is 52.4. The van der Waals surface area contributed by atoms with E-state index in [9.17, 15) is 24.3 Å². The Morgan fingerprint density at radius 3 is 2.50 bits per heavy atom. The summed E-state index contributed by atoms with van der Waals surface area (Å²) in [6, 6.07) is 9.76. The number of amides is 4. The number of hydrogen-bond acceptors (Lipinski definition) is 6. The number of primary amides is 1. The van der Waals surface area contributed by atoms with Gasteiger partial charge in [-0.25, -0.2) is 4.79 Å². The Kier molecular flexibility index (Phi) is 7.16. The summed E-state index contributed by atoms with van der Waals surface area (Å²) < 4.78 is 5.51. The first kappa shape index (κ1) is 25.4. The van der Waals surface area contributed by atoms with Crippen LogP contribution >= 0.6 is 0 Å². The normalized spacial score (nSPS) is 25.3. The highest BCUT2D eigenvalue weighted by Crippen LogP contribution is 2.51. The average Bonchev–Trinajstić information content (AvgIpc) is 3.33. The summed E-state index contributed by atoms with van der Waals surface area (Å²) in [5, 5.41) is 17.8. The van der Waals surface area contributed by atoms with E-state index in [0.717, 1.165) is 22.8 Å². The van der Waals surface area contributed by atoms with Crippen LogP contribution in [-0.4, -0.2) is 59.6 Å². The van der Waals surface area contributed by atoms with E-state index in [1.54, 1.807) is 13.2 Å². The topological polar surface area (TPSA) is 151 Å². The Morgan fingerprint density at radius 1 is 1.14 bits per heavy atom. The molecular formula is C26H32N4O6. The molecule has 5 N–H and O–H groups in total. The number of rotatable bonds is 10. The predicted molar refractivity (Wildman–Crippen MR) is 132 cm³/mol. The van der Waals surface area contributed by atoms with Crippen molar-refractivity contribution in [1.82, 2.24) is 15.5 Å². The summed E-state index contributed by atoms with van der Waals surface area (Å²) >= 11 is 0. The van der Waals surface area contributed by atoms with Crippen LogP contribution < -0.4 is 21.1 Å². The molecule has 2 fully saturated rings. The van der Waals surface area contributed by atoms with Gasteiger partial charge in [-0.15, -0.1) is 0 Å². The molecular weight excluding hydrogens is 464 g/mol. The standard InChI is InChI=1S/C26H32N4O6/c1-3-4-14-30-22(31)19-20(23(30)32)26(24(33)34,12-7-13-28-25(27)35)29-21(19)17-10-11-18(36-2)16-9-6-5-8-15(16)17/h5-6,8-11,19-21,29H,3-4,7,12-14H2,1-2H3,(H,33,34)(H3,27,28,35). The van der Waals surface area contributed by atoms with E-state index in [-0.39, 0.29) is 31.8 Å². The SMILES string of the molecule is CCCCN1C(=O)C2C(c3ccc(OC)c4ccccc34)NC(CCCNC(N)=O)(C(=O)O)C2C1=O. The van der Waals surface area contributed by atoms with Crippen molar-refractivity contribution in [1.29, 1.82) is 0 Å². The summed E-state index contributed by atoms with van der Waals surface area (Å²) in [6.45, 7) is 2.38. The van der Waals surface area contributed by atoms with E-state index in [4.69, 9.17) is 10.5 Å². The van der Waals surface area contributed by atoms with Crippen LogP contribution in [0, 0.1) is 11.8 Å². The Morgan fingerprint density at radius 2 is 1.86 bits per heavy atom. The molecule has 4 amide bonds. The zero-order valence-electron chi connectivity index (χ0n) is 20.5. The lowest BCUT2D eigenvalue weighted by molar-refractivity contribution is -0.151. The third-order valence-corrected chi connectivity index (χ3v) is 7.38. The smallest absolute Gasteiger partial charge is 0.324 e. The van der Waals surface area contributed by atoms with Crippen molar-refractivity contribution in [3.63, 3.8) is 0 Å². The lowest BCUT2D eigenvalue weighted by atomic mass is 9.76. The number of hydrogen-bond donors (Lipinski definition) is 4. The third-order valence-electron chi connectivity index (χ3n) is 7.38. The number of fused-ring (bicyclic) bond motifs is 2. The second-order valence-corrected chi connectivity index (χ2v) is 9.38. The summed E-state index contributed by atoms with van der Waals surface area (Å²) in [6.07, 6.45) is 1.73. The zero-order valence-corrected chi connectivity index (χ0v) is 20.5. The minimum absolute atomic E-state index is 0.0367. The molecule has 10 nitrogen and oxygen atoms in total. The lowest BCUT2D eigenvalue weighted by Crippen LogP contribution is -2.56. The van der Waals surface area contributed by atoms with E-state index in [0.29, 0.717) is 12.2 Å². The fourth-order valence-corrected chi connectivity index (χ4v) is 5.72. The van der Waals surface area contributed by atoms with E-state index < -0.39 is 41.3 Å². The number of nitrogens with two attached hydrogens (primary N) is 1. The number of nitrogens with one attached hydrogen (secondary N) is 2.